The van der Waals surface area contributed by atoms with E-state index in [-0.39, 0.29) is 23.0 Å². The third kappa shape index (κ3) is 4.54. The molecule has 7 heteroatoms. The van der Waals surface area contributed by atoms with Crippen LogP contribution in [0.5, 0.6) is 0 Å². The summed E-state index contributed by atoms with van der Waals surface area (Å²) in [4.78, 5) is 15.1. The Kier molecular flexibility index (Phi) is 6.30. The summed E-state index contributed by atoms with van der Waals surface area (Å²) < 4.78 is 33.2. The fourth-order valence-corrected chi connectivity index (χ4v) is 5.05. The highest BCUT2D eigenvalue weighted by atomic mass is 32.2. The van der Waals surface area contributed by atoms with Gasteiger partial charge in [0.25, 0.3) is 15.9 Å². The number of nitrogens with zero attached hydrogens (tertiary/aromatic N) is 2. The van der Waals surface area contributed by atoms with E-state index in [9.17, 15) is 13.2 Å². The number of hydrogen-bond acceptors (Lipinski definition) is 4. The maximum absolute atomic E-state index is 13.1. The van der Waals surface area contributed by atoms with Gasteiger partial charge in [0, 0.05) is 19.2 Å². The maximum Gasteiger partial charge on any atom is 0.264 e. The van der Waals surface area contributed by atoms with Crippen molar-refractivity contribution in [1.82, 2.24) is 4.90 Å². The molecule has 1 aliphatic heterocycles. The average Bonchev–Trinajstić information content (AvgIpc) is 2.84. The van der Waals surface area contributed by atoms with Crippen LogP contribution in [0.1, 0.15) is 28.9 Å². The Hall–Kier alpha value is -3.16. The van der Waals surface area contributed by atoms with Crippen molar-refractivity contribution in [2.75, 3.05) is 24.4 Å². The van der Waals surface area contributed by atoms with Crippen LogP contribution in [0.25, 0.3) is 0 Å². The van der Waals surface area contributed by atoms with Crippen molar-refractivity contribution in [3.63, 3.8) is 0 Å². The van der Waals surface area contributed by atoms with Gasteiger partial charge in [-0.25, -0.2) is 8.42 Å². The Morgan fingerprint density at radius 3 is 2.12 bits per heavy atom. The Labute approximate surface area is 189 Å². The van der Waals surface area contributed by atoms with E-state index < -0.39 is 10.0 Å². The van der Waals surface area contributed by atoms with Gasteiger partial charge in [0.05, 0.1) is 23.2 Å². The zero-order valence-corrected chi connectivity index (χ0v) is 18.9. The number of anilines is 1. The minimum absolute atomic E-state index is 0.0999. The summed E-state index contributed by atoms with van der Waals surface area (Å²) in [6.45, 7) is 2.88. The molecule has 0 N–H and O–H groups in total. The average molecular weight is 451 g/mol. The monoisotopic (exact) mass is 450 g/mol. The first kappa shape index (κ1) is 22.0. The van der Waals surface area contributed by atoms with Crippen molar-refractivity contribution in [1.29, 1.82) is 0 Å². The van der Waals surface area contributed by atoms with Crippen LogP contribution in [0.3, 0.4) is 0 Å². The molecule has 32 heavy (non-hydrogen) atoms. The zero-order chi connectivity index (χ0) is 22.7. The molecule has 0 bridgehead atoms. The molecular weight excluding hydrogens is 424 g/mol. The lowest BCUT2D eigenvalue weighted by atomic mass is 10.1. The number of benzene rings is 3. The van der Waals surface area contributed by atoms with Crippen LogP contribution in [-0.2, 0) is 14.8 Å². The van der Waals surface area contributed by atoms with Crippen molar-refractivity contribution < 1.29 is 17.9 Å². The van der Waals surface area contributed by atoms with Crippen LogP contribution in [0.2, 0.25) is 0 Å². The summed E-state index contributed by atoms with van der Waals surface area (Å²) in [5.41, 5.74) is 2.05. The molecule has 1 amide bonds. The lowest BCUT2D eigenvalue weighted by Crippen LogP contribution is -2.46. The first-order valence-electron chi connectivity index (χ1n) is 10.5. The van der Waals surface area contributed by atoms with Gasteiger partial charge in [-0.1, -0.05) is 48.5 Å². The van der Waals surface area contributed by atoms with Gasteiger partial charge in [-0.05, 0) is 48.9 Å². The van der Waals surface area contributed by atoms with E-state index in [1.165, 1.54) is 23.5 Å². The molecule has 6 nitrogen and oxygen atoms in total. The first-order chi connectivity index (χ1) is 15.4. The van der Waals surface area contributed by atoms with Crippen molar-refractivity contribution in [2.24, 2.45) is 0 Å². The molecule has 0 aliphatic carbocycles. The molecule has 1 aliphatic rings. The topological polar surface area (TPSA) is 66.9 Å². The minimum Gasteiger partial charge on any atom is -0.367 e. The van der Waals surface area contributed by atoms with Crippen molar-refractivity contribution in [2.45, 2.75) is 24.0 Å². The predicted molar refractivity (Wildman–Crippen MR) is 124 cm³/mol. The molecule has 1 fully saturated rings. The first-order valence-corrected chi connectivity index (χ1v) is 11.9. The minimum atomic E-state index is -3.72. The fraction of sp³-hybridized carbons (Fsp3) is 0.240. The fourth-order valence-electron chi connectivity index (χ4n) is 3.86. The number of sulfonamides is 1. The second-order valence-electron chi connectivity index (χ2n) is 7.89. The summed E-state index contributed by atoms with van der Waals surface area (Å²) in [5, 5.41) is 0. The van der Waals surface area contributed by atoms with E-state index in [1.54, 1.807) is 41.3 Å². The third-order valence-electron chi connectivity index (χ3n) is 5.60. The number of morpholine rings is 1. The lowest BCUT2D eigenvalue weighted by molar-refractivity contribution is -0.0691. The number of amides is 1. The van der Waals surface area contributed by atoms with Crippen LogP contribution >= 0.6 is 0 Å². The van der Waals surface area contributed by atoms with E-state index in [4.69, 9.17) is 4.74 Å². The number of carbonyl (C=O) groups excluding carboxylic acids is 1. The van der Waals surface area contributed by atoms with E-state index in [0.29, 0.717) is 24.3 Å². The highest BCUT2D eigenvalue weighted by Crippen LogP contribution is 2.27. The van der Waals surface area contributed by atoms with Gasteiger partial charge in [0.2, 0.25) is 0 Å². The van der Waals surface area contributed by atoms with Gasteiger partial charge < -0.3 is 9.64 Å². The number of hydrogen-bond donors (Lipinski definition) is 0. The Bertz CT molecular complexity index is 1170. The van der Waals surface area contributed by atoms with E-state index in [0.717, 1.165) is 5.56 Å². The quantitative estimate of drug-likeness (QED) is 0.587. The van der Waals surface area contributed by atoms with Crippen LogP contribution in [0.15, 0.2) is 89.8 Å². The van der Waals surface area contributed by atoms with Crippen LogP contribution in [0, 0.1) is 0 Å². The summed E-state index contributed by atoms with van der Waals surface area (Å²) >= 11 is 0. The molecule has 4 rings (SSSR count). The van der Waals surface area contributed by atoms with Gasteiger partial charge in [-0.15, -0.1) is 0 Å². The number of para-hydroxylation sites is 1. The van der Waals surface area contributed by atoms with E-state index in [2.05, 4.69) is 0 Å². The van der Waals surface area contributed by atoms with Gasteiger partial charge in [-0.2, -0.15) is 0 Å². The second kappa shape index (κ2) is 9.14. The summed E-state index contributed by atoms with van der Waals surface area (Å²) in [6.07, 6.45) is -0.292. The molecule has 1 saturated heterocycles. The van der Waals surface area contributed by atoms with Gasteiger partial charge in [-0.3, -0.25) is 9.10 Å². The lowest BCUT2D eigenvalue weighted by Gasteiger charge is -2.37. The standard InChI is InChI=1S/C25H26N2O4S/c1-19-17-27(18-24(31-19)20-9-5-3-6-10-20)25(28)21-13-15-23(16-14-21)32(29,30)26(2)22-11-7-4-8-12-22/h3-16,19,24H,17-18H2,1-2H3/t19-,24+/m1/s1. The highest BCUT2D eigenvalue weighted by Gasteiger charge is 2.30. The molecule has 0 saturated carbocycles. The molecule has 2 atom stereocenters. The van der Waals surface area contributed by atoms with E-state index in [1.807, 2.05) is 43.3 Å². The molecule has 166 valence electrons. The predicted octanol–water partition coefficient (Wildman–Crippen LogP) is 4.11. The highest BCUT2D eigenvalue weighted by molar-refractivity contribution is 7.92. The normalized spacial score (nSPS) is 18.9. The molecular formula is C25H26N2O4S. The molecule has 3 aromatic carbocycles. The largest absolute Gasteiger partial charge is 0.367 e. The molecule has 1 heterocycles. The molecule has 0 radical (unpaired) electrons. The SMILES string of the molecule is C[C@@H]1CN(C(=O)c2ccc(S(=O)(=O)N(C)c3ccccc3)cc2)C[C@@H](c2ccccc2)O1. The molecule has 0 spiro atoms. The van der Waals surface area contributed by atoms with Gasteiger partial charge in [0.1, 0.15) is 6.10 Å². The van der Waals surface area contributed by atoms with Crippen LogP contribution in [0.4, 0.5) is 5.69 Å². The van der Waals surface area contributed by atoms with Crippen LogP contribution < -0.4 is 4.31 Å². The van der Waals surface area contributed by atoms with Gasteiger partial charge in [0.15, 0.2) is 0 Å². The van der Waals surface area contributed by atoms with Crippen molar-refractivity contribution in [3.8, 4) is 0 Å². The maximum atomic E-state index is 13.1. The Balaban J connectivity index is 1.51. The number of ether oxygens (including phenoxy) is 1. The zero-order valence-electron chi connectivity index (χ0n) is 18.1. The summed E-state index contributed by atoms with van der Waals surface area (Å²) in [7, 11) is -2.21. The molecule has 0 unspecified atom stereocenters. The molecule has 0 aromatic heterocycles. The third-order valence-corrected chi connectivity index (χ3v) is 7.40. The number of rotatable bonds is 5. The van der Waals surface area contributed by atoms with Crippen molar-refractivity contribution in [3.05, 3.63) is 96.1 Å². The second-order valence-corrected chi connectivity index (χ2v) is 9.86. The summed E-state index contributed by atoms with van der Waals surface area (Å²) in [5.74, 6) is -0.138. The number of carbonyl (C=O) groups is 1. The molecule has 3 aromatic rings. The smallest absolute Gasteiger partial charge is 0.264 e. The van der Waals surface area contributed by atoms with Crippen LogP contribution in [-0.4, -0.2) is 45.5 Å². The van der Waals surface area contributed by atoms with Crippen molar-refractivity contribution >= 4 is 21.6 Å². The Morgan fingerprint density at radius 2 is 1.50 bits per heavy atom. The Morgan fingerprint density at radius 1 is 0.906 bits per heavy atom. The van der Waals surface area contributed by atoms with E-state index >= 15 is 0 Å². The van der Waals surface area contributed by atoms with Gasteiger partial charge >= 0.3 is 0 Å². The summed E-state index contributed by atoms with van der Waals surface area (Å²) in [6, 6.07) is 24.8.